The third kappa shape index (κ3) is 2.82. The first-order valence-electron chi connectivity index (χ1n) is 4.49. The van der Waals surface area contributed by atoms with Crippen molar-refractivity contribution in [2.24, 2.45) is 0 Å². The summed E-state index contributed by atoms with van der Waals surface area (Å²) in [6.07, 6.45) is 1.52. The lowest BCUT2D eigenvalue weighted by atomic mass is 10.2. The van der Waals surface area contributed by atoms with Crippen molar-refractivity contribution in [2.45, 2.75) is 17.8 Å². The van der Waals surface area contributed by atoms with Gasteiger partial charge in [-0.1, -0.05) is 39.8 Å². The molecule has 0 amide bonds. The van der Waals surface area contributed by atoms with Crippen LogP contribution < -0.4 is 0 Å². The molecule has 3 nitrogen and oxygen atoms in total. The largest absolute Gasteiger partial charge is 0.254 e. The van der Waals surface area contributed by atoms with Crippen LogP contribution in [0, 0.1) is 6.92 Å². The molecule has 1 aromatic carbocycles. The molecule has 0 saturated carbocycles. The average Bonchev–Trinajstić information content (AvgIpc) is 2.73. The predicted octanol–water partition coefficient (Wildman–Crippen LogP) is 3.17. The highest BCUT2D eigenvalue weighted by molar-refractivity contribution is 9.10. The van der Waals surface area contributed by atoms with Crippen LogP contribution in [0.3, 0.4) is 0 Å². The standard InChI is InChI=1S/C10H10BrN3S/c1-7-2-3-8(4-9(7)11)5-15-10-12-6-13-14-10/h2-4,6H,5H2,1H3,(H,12,13,14). The first kappa shape index (κ1) is 10.7. The van der Waals surface area contributed by atoms with Gasteiger partial charge in [0.2, 0.25) is 0 Å². The molecule has 15 heavy (non-hydrogen) atoms. The zero-order valence-corrected chi connectivity index (χ0v) is 10.6. The normalized spacial score (nSPS) is 10.5. The Balaban J connectivity index is 2.02. The number of halogens is 1. The summed E-state index contributed by atoms with van der Waals surface area (Å²) < 4.78 is 1.15. The molecule has 0 fully saturated rings. The molecule has 0 saturated heterocycles. The van der Waals surface area contributed by atoms with E-state index >= 15 is 0 Å². The highest BCUT2D eigenvalue weighted by atomic mass is 79.9. The zero-order chi connectivity index (χ0) is 10.7. The summed E-state index contributed by atoms with van der Waals surface area (Å²) in [5.41, 5.74) is 2.53. The monoisotopic (exact) mass is 283 g/mol. The van der Waals surface area contributed by atoms with Crippen LogP contribution >= 0.6 is 27.7 Å². The van der Waals surface area contributed by atoms with Crippen LogP contribution in [0.15, 0.2) is 34.2 Å². The van der Waals surface area contributed by atoms with E-state index in [0.717, 1.165) is 15.4 Å². The van der Waals surface area contributed by atoms with Crippen molar-refractivity contribution in [3.8, 4) is 0 Å². The number of hydrogen-bond donors (Lipinski definition) is 1. The molecular weight excluding hydrogens is 274 g/mol. The Morgan fingerprint density at radius 1 is 1.47 bits per heavy atom. The molecule has 1 N–H and O–H groups in total. The SMILES string of the molecule is Cc1ccc(CSc2ncn[nH]2)cc1Br. The molecule has 0 aliphatic carbocycles. The summed E-state index contributed by atoms with van der Waals surface area (Å²) in [4.78, 5) is 4.06. The Bertz CT molecular complexity index is 442. The molecule has 0 unspecified atom stereocenters. The predicted molar refractivity (Wildman–Crippen MR) is 64.8 cm³/mol. The van der Waals surface area contributed by atoms with E-state index in [1.807, 2.05) is 0 Å². The molecule has 1 heterocycles. The van der Waals surface area contributed by atoms with Gasteiger partial charge in [-0.25, -0.2) is 4.98 Å². The minimum Gasteiger partial charge on any atom is -0.254 e. The molecule has 2 rings (SSSR count). The number of H-pyrrole nitrogens is 1. The minimum atomic E-state index is 0.853. The Morgan fingerprint density at radius 3 is 3.00 bits per heavy atom. The van der Waals surface area contributed by atoms with Crippen LogP contribution in [0.4, 0.5) is 0 Å². The summed E-state index contributed by atoms with van der Waals surface area (Å²) in [5.74, 6) is 0.897. The number of thioether (sulfide) groups is 1. The molecule has 5 heteroatoms. The van der Waals surface area contributed by atoms with Gasteiger partial charge in [0.25, 0.3) is 0 Å². The Morgan fingerprint density at radius 2 is 2.33 bits per heavy atom. The van der Waals surface area contributed by atoms with Crippen molar-refractivity contribution in [3.05, 3.63) is 40.1 Å². The van der Waals surface area contributed by atoms with Gasteiger partial charge in [-0.15, -0.1) is 0 Å². The number of benzene rings is 1. The second-order valence-corrected chi connectivity index (χ2v) is 4.98. The first-order chi connectivity index (χ1) is 7.25. The van der Waals surface area contributed by atoms with Gasteiger partial charge in [-0.3, -0.25) is 5.10 Å². The van der Waals surface area contributed by atoms with E-state index < -0.39 is 0 Å². The summed E-state index contributed by atoms with van der Waals surface area (Å²) in [7, 11) is 0. The van der Waals surface area contributed by atoms with Crippen molar-refractivity contribution >= 4 is 27.7 Å². The van der Waals surface area contributed by atoms with Gasteiger partial charge in [-0.05, 0) is 24.1 Å². The van der Waals surface area contributed by atoms with Crippen molar-refractivity contribution in [1.29, 1.82) is 0 Å². The quantitative estimate of drug-likeness (QED) is 0.880. The van der Waals surface area contributed by atoms with E-state index in [4.69, 9.17) is 0 Å². The first-order valence-corrected chi connectivity index (χ1v) is 6.27. The minimum absolute atomic E-state index is 0.853. The lowest BCUT2D eigenvalue weighted by Crippen LogP contribution is -1.84. The van der Waals surface area contributed by atoms with Crippen molar-refractivity contribution in [2.75, 3.05) is 0 Å². The van der Waals surface area contributed by atoms with E-state index in [0.29, 0.717) is 0 Å². The van der Waals surface area contributed by atoms with Crippen LogP contribution in [0.2, 0.25) is 0 Å². The lowest BCUT2D eigenvalue weighted by molar-refractivity contribution is 0.973. The fraction of sp³-hybridized carbons (Fsp3) is 0.200. The molecular formula is C10H10BrN3S. The third-order valence-corrected chi connectivity index (χ3v) is 3.81. The van der Waals surface area contributed by atoms with E-state index in [2.05, 4.69) is 56.2 Å². The number of nitrogens with zero attached hydrogens (tertiary/aromatic N) is 2. The van der Waals surface area contributed by atoms with E-state index in [1.165, 1.54) is 17.5 Å². The van der Waals surface area contributed by atoms with Gasteiger partial charge in [0.1, 0.15) is 6.33 Å². The molecule has 0 bridgehead atoms. The van der Waals surface area contributed by atoms with Crippen LogP contribution in [-0.2, 0) is 5.75 Å². The van der Waals surface area contributed by atoms with Gasteiger partial charge < -0.3 is 0 Å². The summed E-state index contributed by atoms with van der Waals surface area (Å²) in [6.45, 7) is 2.08. The highest BCUT2D eigenvalue weighted by Crippen LogP contribution is 2.22. The van der Waals surface area contributed by atoms with Gasteiger partial charge in [0, 0.05) is 10.2 Å². The van der Waals surface area contributed by atoms with Crippen molar-refractivity contribution in [3.63, 3.8) is 0 Å². The van der Waals surface area contributed by atoms with Crippen LogP contribution in [-0.4, -0.2) is 15.2 Å². The average molecular weight is 284 g/mol. The summed E-state index contributed by atoms with van der Waals surface area (Å²) >= 11 is 5.16. The van der Waals surface area contributed by atoms with Crippen LogP contribution in [0.25, 0.3) is 0 Å². The number of rotatable bonds is 3. The fourth-order valence-electron chi connectivity index (χ4n) is 1.14. The number of aromatic nitrogens is 3. The van der Waals surface area contributed by atoms with Crippen LogP contribution in [0.1, 0.15) is 11.1 Å². The smallest absolute Gasteiger partial charge is 0.183 e. The van der Waals surface area contributed by atoms with E-state index in [9.17, 15) is 0 Å². The molecule has 78 valence electrons. The Hall–Kier alpha value is -0.810. The van der Waals surface area contributed by atoms with Gasteiger partial charge in [0.15, 0.2) is 5.16 Å². The molecule has 0 radical (unpaired) electrons. The van der Waals surface area contributed by atoms with Gasteiger partial charge >= 0.3 is 0 Å². The fourth-order valence-corrected chi connectivity index (χ4v) is 2.29. The molecule has 1 aromatic heterocycles. The maximum absolute atomic E-state index is 4.06. The Kier molecular flexibility index (Phi) is 3.43. The van der Waals surface area contributed by atoms with Gasteiger partial charge in [-0.2, -0.15) is 5.10 Å². The van der Waals surface area contributed by atoms with E-state index in [-0.39, 0.29) is 0 Å². The second kappa shape index (κ2) is 4.81. The number of nitrogens with one attached hydrogen (secondary N) is 1. The zero-order valence-electron chi connectivity index (χ0n) is 8.20. The number of hydrogen-bond acceptors (Lipinski definition) is 3. The Labute approximate surface area is 101 Å². The molecule has 2 aromatic rings. The van der Waals surface area contributed by atoms with E-state index in [1.54, 1.807) is 11.8 Å². The summed E-state index contributed by atoms with van der Waals surface area (Å²) in [5, 5.41) is 7.48. The van der Waals surface area contributed by atoms with Gasteiger partial charge in [0.05, 0.1) is 0 Å². The summed E-state index contributed by atoms with van der Waals surface area (Å²) in [6, 6.07) is 6.38. The maximum Gasteiger partial charge on any atom is 0.183 e. The number of aryl methyl sites for hydroxylation is 1. The molecule has 0 aliphatic rings. The third-order valence-electron chi connectivity index (χ3n) is 2.00. The van der Waals surface area contributed by atoms with Crippen molar-refractivity contribution < 1.29 is 0 Å². The van der Waals surface area contributed by atoms with Crippen LogP contribution in [0.5, 0.6) is 0 Å². The molecule has 0 atom stereocenters. The molecule has 0 spiro atoms. The maximum atomic E-state index is 4.06. The topological polar surface area (TPSA) is 41.6 Å². The molecule has 0 aliphatic heterocycles. The lowest BCUT2D eigenvalue weighted by Gasteiger charge is -2.02. The van der Waals surface area contributed by atoms with Crippen molar-refractivity contribution in [1.82, 2.24) is 15.2 Å². The second-order valence-electron chi connectivity index (χ2n) is 3.16. The number of aromatic amines is 1. The highest BCUT2D eigenvalue weighted by Gasteiger charge is 2.00.